The highest BCUT2D eigenvalue weighted by molar-refractivity contribution is 7.97. The lowest BCUT2D eigenvalue weighted by molar-refractivity contribution is 0.109. The first-order valence-corrected chi connectivity index (χ1v) is 4.29. The van der Waals surface area contributed by atoms with E-state index in [9.17, 15) is 4.79 Å². The van der Waals surface area contributed by atoms with Gasteiger partial charge in [0.1, 0.15) is 0 Å². The molecule has 0 bridgehead atoms. The average Bonchev–Trinajstić information content (AvgIpc) is 2.30. The number of hydrogen-bond acceptors (Lipinski definition) is 3. The van der Waals surface area contributed by atoms with Crippen LogP contribution in [0.3, 0.4) is 0 Å². The van der Waals surface area contributed by atoms with Gasteiger partial charge in [0.25, 0.3) is 0 Å². The van der Waals surface area contributed by atoms with Gasteiger partial charge in [0.05, 0.1) is 12.0 Å². The van der Waals surface area contributed by atoms with Gasteiger partial charge in [-0.2, -0.15) is 0 Å². The maximum Gasteiger partial charge on any atom is 0.226 e. The lowest BCUT2D eigenvalue weighted by atomic mass is 10.3. The molecule has 0 spiro atoms. The Bertz CT molecular complexity index is 278. The fourth-order valence-corrected chi connectivity index (χ4v) is 1.91. The minimum absolute atomic E-state index is 0.198. The van der Waals surface area contributed by atoms with Crippen molar-refractivity contribution in [1.82, 2.24) is 0 Å². The fourth-order valence-electron chi connectivity index (χ4n) is 0.766. The minimum Gasteiger partial charge on any atom is -0.487 e. The van der Waals surface area contributed by atoms with E-state index in [0.29, 0.717) is 4.88 Å². The molecule has 0 aliphatic rings. The van der Waals surface area contributed by atoms with E-state index in [1.165, 1.54) is 11.3 Å². The molecule has 0 radical (unpaired) electrons. The van der Waals surface area contributed by atoms with Crippen LogP contribution in [-0.4, -0.2) is 12.2 Å². The zero-order chi connectivity index (χ0) is 8.43. The normalized spacial score (nSPS) is 9.73. The fraction of sp³-hybridized carbons (Fsp3) is 0.286. The average molecular weight is 188 g/mol. The molecule has 0 saturated heterocycles. The summed E-state index contributed by atoms with van der Waals surface area (Å²) in [5.41, 5.74) is 0.923. The van der Waals surface area contributed by atoms with Gasteiger partial charge in [-0.3, -0.25) is 4.79 Å². The smallest absolute Gasteiger partial charge is 0.226 e. The second kappa shape index (κ2) is 3.28. The largest absolute Gasteiger partial charge is 0.487 e. The molecule has 0 fully saturated rings. The molecule has 0 N–H and O–H groups in total. The summed E-state index contributed by atoms with van der Waals surface area (Å²) in [5, 5.41) is 0.552. The zero-order valence-electron chi connectivity index (χ0n) is 6.25. The van der Waals surface area contributed by atoms with E-state index in [0.717, 1.165) is 10.6 Å². The highest BCUT2D eigenvalue weighted by atomic mass is 32.1. The van der Waals surface area contributed by atoms with Gasteiger partial charge in [0.2, 0.25) is 5.12 Å². The number of methoxy groups -OCH3 is 1. The molecular formula is C7H8O2S2. The Morgan fingerprint density at radius 2 is 2.36 bits per heavy atom. The minimum atomic E-state index is -0.198. The first kappa shape index (κ1) is 8.62. The zero-order valence-corrected chi connectivity index (χ0v) is 7.96. The molecule has 4 heteroatoms. The van der Waals surface area contributed by atoms with E-state index in [1.54, 1.807) is 7.11 Å². The number of carbonyl (C=O) groups is 1. The van der Waals surface area contributed by atoms with Crippen molar-refractivity contribution in [2.75, 3.05) is 7.11 Å². The maximum absolute atomic E-state index is 10.8. The van der Waals surface area contributed by atoms with Crippen LogP contribution in [-0.2, 0) is 0 Å². The molecular weight excluding hydrogens is 180 g/mol. The van der Waals surface area contributed by atoms with Gasteiger partial charge in [0, 0.05) is 0 Å². The van der Waals surface area contributed by atoms with Crippen LogP contribution in [0.2, 0.25) is 0 Å². The third kappa shape index (κ3) is 1.75. The molecule has 0 atom stereocenters. The van der Waals surface area contributed by atoms with Crippen molar-refractivity contribution in [3.8, 4) is 5.06 Å². The number of aryl methyl sites for hydroxylation is 1. The van der Waals surface area contributed by atoms with Crippen LogP contribution in [0.15, 0.2) is 6.07 Å². The molecule has 0 amide bonds. The van der Waals surface area contributed by atoms with Crippen LogP contribution in [0, 0.1) is 6.92 Å². The van der Waals surface area contributed by atoms with E-state index >= 15 is 0 Å². The Kier molecular flexibility index (Phi) is 2.57. The van der Waals surface area contributed by atoms with E-state index in [1.807, 2.05) is 13.0 Å². The number of ether oxygens (including phenoxy) is 1. The lowest BCUT2D eigenvalue weighted by Crippen LogP contribution is -1.84. The van der Waals surface area contributed by atoms with Gasteiger partial charge >= 0.3 is 0 Å². The predicted molar refractivity (Wildman–Crippen MR) is 48.9 cm³/mol. The summed E-state index contributed by atoms with van der Waals surface area (Å²) >= 11 is 5.04. The molecule has 0 saturated carbocycles. The van der Waals surface area contributed by atoms with Crippen molar-refractivity contribution >= 4 is 29.1 Å². The molecule has 1 heterocycles. The van der Waals surface area contributed by atoms with Crippen LogP contribution in [0.1, 0.15) is 15.2 Å². The Balaban J connectivity index is 3.07. The summed E-state index contributed by atoms with van der Waals surface area (Å²) in [7, 11) is 1.58. The molecule has 11 heavy (non-hydrogen) atoms. The topological polar surface area (TPSA) is 26.3 Å². The number of carbonyl (C=O) groups excluding carboxylic acids is 1. The van der Waals surface area contributed by atoms with E-state index in [2.05, 4.69) is 12.6 Å². The summed E-state index contributed by atoms with van der Waals surface area (Å²) in [6, 6.07) is 1.83. The van der Waals surface area contributed by atoms with E-state index < -0.39 is 0 Å². The molecule has 0 aromatic carbocycles. The van der Waals surface area contributed by atoms with Gasteiger partial charge in [-0.05, 0) is 18.6 Å². The summed E-state index contributed by atoms with van der Waals surface area (Å²) in [6.45, 7) is 1.86. The highest BCUT2D eigenvalue weighted by Crippen LogP contribution is 2.29. The molecule has 0 aliphatic heterocycles. The lowest BCUT2D eigenvalue weighted by Gasteiger charge is -1.88. The summed E-state index contributed by atoms with van der Waals surface area (Å²) in [4.78, 5) is 11.5. The maximum atomic E-state index is 10.8. The van der Waals surface area contributed by atoms with Crippen molar-refractivity contribution in [2.45, 2.75) is 6.92 Å². The number of hydrogen-bond donors (Lipinski definition) is 1. The van der Waals surface area contributed by atoms with Crippen LogP contribution in [0.4, 0.5) is 0 Å². The number of thiol groups is 1. The monoisotopic (exact) mass is 188 g/mol. The number of thiophene rings is 1. The Labute approximate surface area is 74.6 Å². The molecule has 60 valence electrons. The van der Waals surface area contributed by atoms with Crippen LogP contribution in [0.25, 0.3) is 0 Å². The van der Waals surface area contributed by atoms with Gasteiger partial charge in [0.15, 0.2) is 5.06 Å². The quantitative estimate of drug-likeness (QED) is 0.720. The van der Waals surface area contributed by atoms with E-state index in [4.69, 9.17) is 4.74 Å². The first-order chi connectivity index (χ1) is 5.15. The first-order valence-electron chi connectivity index (χ1n) is 3.03. The van der Waals surface area contributed by atoms with Crippen molar-refractivity contribution in [1.29, 1.82) is 0 Å². The Hall–Kier alpha value is -0.480. The molecule has 1 aromatic rings. The Morgan fingerprint density at radius 1 is 1.73 bits per heavy atom. The van der Waals surface area contributed by atoms with Gasteiger partial charge in [-0.25, -0.2) is 0 Å². The van der Waals surface area contributed by atoms with Gasteiger partial charge < -0.3 is 4.74 Å². The second-order valence-corrected chi connectivity index (χ2v) is 3.51. The third-order valence-corrected chi connectivity index (χ3v) is 2.86. The van der Waals surface area contributed by atoms with E-state index in [-0.39, 0.29) is 5.12 Å². The van der Waals surface area contributed by atoms with Crippen molar-refractivity contribution < 1.29 is 9.53 Å². The number of rotatable bonds is 2. The SMILES string of the molecule is COc1cc(C)c(C(=O)S)s1. The standard InChI is InChI=1S/C7H8O2S2/c1-4-3-5(9-2)11-6(4)7(8)10/h3H,1-2H3,(H,8,10). The van der Waals surface area contributed by atoms with Crippen molar-refractivity contribution in [3.63, 3.8) is 0 Å². The Morgan fingerprint density at radius 3 is 2.64 bits per heavy atom. The molecule has 0 aliphatic carbocycles. The molecule has 1 rings (SSSR count). The summed E-state index contributed by atoms with van der Waals surface area (Å²) in [6.07, 6.45) is 0. The predicted octanol–water partition coefficient (Wildman–Crippen LogP) is 2.14. The van der Waals surface area contributed by atoms with Crippen LogP contribution in [0.5, 0.6) is 5.06 Å². The second-order valence-electron chi connectivity index (χ2n) is 2.09. The molecule has 1 aromatic heterocycles. The summed E-state index contributed by atoms with van der Waals surface area (Å²) < 4.78 is 4.96. The highest BCUT2D eigenvalue weighted by Gasteiger charge is 2.09. The summed E-state index contributed by atoms with van der Waals surface area (Å²) in [5.74, 6) is 0. The van der Waals surface area contributed by atoms with Crippen molar-refractivity contribution in [2.24, 2.45) is 0 Å². The van der Waals surface area contributed by atoms with Crippen LogP contribution >= 0.6 is 24.0 Å². The van der Waals surface area contributed by atoms with Gasteiger partial charge in [-0.15, -0.1) is 0 Å². The molecule has 2 nitrogen and oxygen atoms in total. The van der Waals surface area contributed by atoms with Gasteiger partial charge in [-0.1, -0.05) is 24.0 Å². The third-order valence-electron chi connectivity index (χ3n) is 1.29. The van der Waals surface area contributed by atoms with Crippen molar-refractivity contribution in [3.05, 3.63) is 16.5 Å². The molecule has 0 unspecified atom stereocenters. The van der Waals surface area contributed by atoms with Crippen LogP contribution < -0.4 is 4.74 Å².